The SMILES string of the molecule is S=C(NCc1ccc(Cl)c(Cl)c1)NCc1ccc(Cl)cc1Cl. The van der Waals surface area contributed by atoms with Crippen molar-refractivity contribution in [2.75, 3.05) is 0 Å². The first-order valence-corrected chi connectivity index (χ1v) is 8.27. The van der Waals surface area contributed by atoms with Crippen molar-refractivity contribution in [3.63, 3.8) is 0 Å². The number of hydrogen-bond acceptors (Lipinski definition) is 1. The summed E-state index contributed by atoms with van der Waals surface area (Å²) in [5.41, 5.74) is 1.91. The Morgan fingerprint density at radius 3 is 2.23 bits per heavy atom. The van der Waals surface area contributed by atoms with Crippen LogP contribution in [-0.2, 0) is 13.1 Å². The van der Waals surface area contributed by atoms with E-state index in [1.54, 1.807) is 24.3 Å². The Bertz CT molecular complexity index is 691. The second kappa shape index (κ2) is 8.23. The standard InChI is InChI=1S/C15H12Cl4N2S/c16-11-3-2-10(13(18)6-11)8-21-15(22)20-7-9-1-4-12(17)14(19)5-9/h1-6H,7-8H2,(H2,20,21,22). The van der Waals surface area contributed by atoms with Gasteiger partial charge in [-0.25, -0.2) is 0 Å². The fourth-order valence-electron chi connectivity index (χ4n) is 1.73. The van der Waals surface area contributed by atoms with Gasteiger partial charge in [0.15, 0.2) is 5.11 Å². The fraction of sp³-hybridized carbons (Fsp3) is 0.133. The van der Waals surface area contributed by atoms with E-state index in [1.807, 2.05) is 12.1 Å². The fourth-order valence-corrected chi connectivity index (χ4v) is 2.68. The Hall–Kier alpha value is -0.710. The van der Waals surface area contributed by atoms with Gasteiger partial charge in [-0.2, -0.15) is 0 Å². The van der Waals surface area contributed by atoms with E-state index in [0.717, 1.165) is 11.1 Å². The van der Waals surface area contributed by atoms with Crippen LogP contribution >= 0.6 is 58.6 Å². The van der Waals surface area contributed by atoms with Crippen LogP contribution in [0.25, 0.3) is 0 Å². The van der Waals surface area contributed by atoms with Gasteiger partial charge < -0.3 is 10.6 Å². The lowest BCUT2D eigenvalue weighted by Gasteiger charge is -2.12. The molecule has 2 aromatic rings. The maximum atomic E-state index is 6.10. The predicted octanol–water partition coefficient (Wildman–Crippen LogP) is 5.46. The van der Waals surface area contributed by atoms with Gasteiger partial charge in [-0.3, -0.25) is 0 Å². The summed E-state index contributed by atoms with van der Waals surface area (Å²) < 4.78 is 0. The Morgan fingerprint density at radius 2 is 1.55 bits per heavy atom. The molecular weight excluding hydrogens is 382 g/mol. The maximum absolute atomic E-state index is 6.10. The summed E-state index contributed by atoms with van der Waals surface area (Å²) in [6, 6.07) is 10.8. The molecule has 116 valence electrons. The van der Waals surface area contributed by atoms with Crippen LogP contribution in [0.5, 0.6) is 0 Å². The molecular formula is C15H12Cl4N2S. The average Bonchev–Trinajstić information content (AvgIpc) is 2.47. The summed E-state index contributed by atoms with van der Waals surface area (Å²) in [6.45, 7) is 1.07. The molecule has 0 saturated carbocycles. The number of thiocarbonyl (C=S) groups is 1. The van der Waals surface area contributed by atoms with Crippen molar-refractivity contribution in [3.8, 4) is 0 Å². The third kappa shape index (κ3) is 5.18. The molecule has 2 aromatic carbocycles. The second-order valence-electron chi connectivity index (χ2n) is 4.52. The van der Waals surface area contributed by atoms with Gasteiger partial charge in [-0.05, 0) is 47.6 Å². The van der Waals surface area contributed by atoms with Gasteiger partial charge in [-0.15, -0.1) is 0 Å². The van der Waals surface area contributed by atoms with Crippen molar-refractivity contribution in [2.45, 2.75) is 13.1 Å². The molecule has 22 heavy (non-hydrogen) atoms. The highest BCUT2D eigenvalue weighted by Gasteiger charge is 2.03. The van der Waals surface area contributed by atoms with Gasteiger partial charge in [0.2, 0.25) is 0 Å². The Labute approximate surface area is 154 Å². The van der Waals surface area contributed by atoms with Gasteiger partial charge in [0.05, 0.1) is 10.0 Å². The van der Waals surface area contributed by atoms with Crippen LogP contribution in [0.1, 0.15) is 11.1 Å². The van der Waals surface area contributed by atoms with E-state index < -0.39 is 0 Å². The van der Waals surface area contributed by atoms with E-state index in [0.29, 0.717) is 38.3 Å². The predicted molar refractivity (Wildman–Crippen MR) is 99.2 cm³/mol. The molecule has 2 rings (SSSR count). The van der Waals surface area contributed by atoms with Crippen molar-refractivity contribution in [2.24, 2.45) is 0 Å². The lowest BCUT2D eigenvalue weighted by Crippen LogP contribution is -2.34. The zero-order chi connectivity index (χ0) is 16.1. The van der Waals surface area contributed by atoms with Gasteiger partial charge in [-0.1, -0.05) is 58.5 Å². The van der Waals surface area contributed by atoms with E-state index in [1.165, 1.54) is 0 Å². The molecule has 0 saturated heterocycles. The smallest absolute Gasteiger partial charge is 0.166 e. The third-order valence-corrected chi connectivity index (χ3v) is 4.51. The van der Waals surface area contributed by atoms with Crippen LogP contribution < -0.4 is 10.6 Å². The first-order chi connectivity index (χ1) is 10.5. The summed E-state index contributed by atoms with van der Waals surface area (Å²) >= 11 is 29.0. The van der Waals surface area contributed by atoms with Crippen LogP contribution in [0.2, 0.25) is 20.1 Å². The molecule has 0 aliphatic carbocycles. The summed E-state index contributed by atoms with van der Waals surface area (Å²) in [5, 5.41) is 8.97. The molecule has 0 radical (unpaired) electrons. The quantitative estimate of drug-likeness (QED) is 0.674. The molecule has 0 bridgehead atoms. The van der Waals surface area contributed by atoms with E-state index in [9.17, 15) is 0 Å². The van der Waals surface area contributed by atoms with Crippen LogP contribution in [0.15, 0.2) is 36.4 Å². The van der Waals surface area contributed by atoms with E-state index in [-0.39, 0.29) is 0 Å². The number of rotatable bonds is 4. The monoisotopic (exact) mass is 392 g/mol. The van der Waals surface area contributed by atoms with E-state index in [2.05, 4.69) is 10.6 Å². The second-order valence-corrected chi connectivity index (χ2v) is 6.59. The number of hydrogen-bond donors (Lipinski definition) is 2. The molecule has 2 nitrogen and oxygen atoms in total. The molecule has 2 N–H and O–H groups in total. The summed E-state index contributed by atoms with van der Waals surface area (Å²) in [7, 11) is 0. The average molecular weight is 394 g/mol. The summed E-state index contributed by atoms with van der Waals surface area (Å²) in [5.74, 6) is 0. The number of halogens is 4. The molecule has 0 spiro atoms. The Balaban J connectivity index is 1.84. The molecule has 7 heteroatoms. The largest absolute Gasteiger partial charge is 0.359 e. The van der Waals surface area contributed by atoms with Crippen molar-refractivity contribution in [1.82, 2.24) is 10.6 Å². The molecule has 0 atom stereocenters. The Kier molecular flexibility index (Phi) is 6.60. The van der Waals surface area contributed by atoms with Gasteiger partial charge in [0.1, 0.15) is 0 Å². The van der Waals surface area contributed by atoms with Crippen molar-refractivity contribution >= 4 is 63.7 Å². The topological polar surface area (TPSA) is 24.1 Å². The molecule has 0 unspecified atom stereocenters. The highest BCUT2D eigenvalue weighted by atomic mass is 35.5. The molecule has 0 aliphatic rings. The van der Waals surface area contributed by atoms with E-state index in [4.69, 9.17) is 58.6 Å². The minimum Gasteiger partial charge on any atom is -0.359 e. The number of nitrogens with one attached hydrogen (secondary N) is 2. The number of benzene rings is 2. The van der Waals surface area contributed by atoms with Crippen molar-refractivity contribution in [1.29, 1.82) is 0 Å². The lowest BCUT2D eigenvalue weighted by atomic mass is 10.2. The van der Waals surface area contributed by atoms with Gasteiger partial charge in [0.25, 0.3) is 0 Å². The zero-order valence-electron chi connectivity index (χ0n) is 11.3. The lowest BCUT2D eigenvalue weighted by molar-refractivity contribution is 0.833. The van der Waals surface area contributed by atoms with Gasteiger partial charge in [0, 0.05) is 23.1 Å². The first kappa shape index (κ1) is 17.6. The molecule has 0 heterocycles. The Morgan fingerprint density at radius 1 is 0.818 bits per heavy atom. The minimum absolute atomic E-state index is 0.517. The van der Waals surface area contributed by atoms with Crippen molar-refractivity contribution < 1.29 is 0 Å². The van der Waals surface area contributed by atoms with Crippen LogP contribution in [-0.4, -0.2) is 5.11 Å². The highest BCUT2D eigenvalue weighted by Crippen LogP contribution is 2.22. The van der Waals surface area contributed by atoms with Crippen LogP contribution in [0, 0.1) is 0 Å². The molecule has 0 amide bonds. The molecule has 0 fully saturated rings. The minimum atomic E-state index is 0.517. The van der Waals surface area contributed by atoms with Crippen LogP contribution in [0.3, 0.4) is 0 Å². The normalized spacial score (nSPS) is 10.4. The van der Waals surface area contributed by atoms with Crippen LogP contribution in [0.4, 0.5) is 0 Å². The highest BCUT2D eigenvalue weighted by molar-refractivity contribution is 7.80. The van der Waals surface area contributed by atoms with Gasteiger partial charge >= 0.3 is 0 Å². The molecule has 0 aromatic heterocycles. The molecule has 0 aliphatic heterocycles. The van der Waals surface area contributed by atoms with E-state index >= 15 is 0 Å². The summed E-state index contributed by atoms with van der Waals surface area (Å²) in [6.07, 6.45) is 0. The third-order valence-electron chi connectivity index (χ3n) is 2.89. The first-order valence-electron chi connectivity index (χ1n) is 6.35. The maximum Gasteiger partial charge on any atom is 0.166 e. The van der Waals surface area contributed by atoms with Crippen molar-refractivity contribution in [3.05, 3.63) is 67.6 Å². The summed E-state index contributed by atoms with van der Waals surface area (Å²) in [4.78, 5) is 0. The zero-order valence-corrected chi connectivity index (χ0v) is 15.1.